The van der Waals surface area contributed by atoms with Crippen LogP contribution < -0.4 is 9.47 Å². The number of amides is 1. The number of hydrogen-bond donors (Lipinski definition) is 0. The largest absolute Gasteiger partial charge is 0.490 e. The number of fused-ring (bicyclic) bond motifs is 1. The summed E-state index contributed by atoms with van der Waals surface area (Å²) < 4.78 is 39.0. The number of nitrogens with zero attached hydrogens (tertiary/aromatic N) is 1. The zero-order valence-electron chi connectivity index (χ0n) is 22.9. The molecule has 1 fully saturated rings. The standard InChI is InChI=1S/C31H37BrFNO5/c1-31(2,3)39-30(35)34-15-8-7-12-24(20-34)36-16-9-17-37-29-27(33)14-13-23-18-25(19-26(32)28(23)29)38-21-22-10-5-4-6-11-22/h4-6,10-11,13-14,18-19,24H,7-9,12,15-17,20-21H2,1-3H3/t24-/m1/s1. The van der Waals surface area contributed by atoms with Gasteiger partial charge in [0.05, 0.1) is 25.9 Å². The SMILES string of the molecule is CC(C)(C)OC(=O)N1CCCC[C@@H](OCCCOc2c(F)ccc3cc(OCc4ccccc4)cc(Br)c23)C1. The van der Waals surface area contributed by atoms with Crippen LogP contribution in [0.15, 0.2) is 59.1 Å². The van der Waals surface area contributed by atoms with Crippen molar-refractivity contribution in [2.75, 3.05) is 26.3 Å². The topological polar surface area (TPSA) is 57.2 Å². The molecule has 1 saturated heterocycles. The first-order chi connectivity index (χ1) is 18.7. The number of likely N-dealkylation sites (tertiary alicyclic amines) is 1. The average molecular weight is 603 g/mol. The van der Waals surface area contributed by atoms with Gasteiger partial charge < -0.3 is 23.8 Å². The lowest BCUT2D eigenvalue weighted by Gasteiger charge is -2.28. The maximum atomic E-state index is 14.8. The molecular formula is C31H37BrFNO5. The van der Waals surface area contributed by atoms with Crippen molar-refractivity contribution in [3.05, 3.63) is 70.5 Å². The van der Waals surface area contributed by atoms with Crippen molar-refractivity contribution in [3.8, 4) is 11.5 Å². The van der Waals surface area contributed by atoms with Crippen LogP contribution in [0.4, 0.5) is 9.18 Å². The molecule has 1 atom stereocenters. The highest BCUT2D eigenvalue weighted by atomic mass is 79.9. The third-order valence-electron chi connectivity index (χ3n) is 6.36. The second-order valence-corrected chi connectivity index (χ2v) is 11.6. The Morgan fingerprint density at radius 3 is 2.62 bits per heavy atom. The molecule has 4 rings (SSSR count). The first kappa shape index (κ1) is 29.2. The molecule has 210 valence electrons. The molecule has 8 heteroatoms. The van der Waals surface area contributed by atoms with E-state index >= 15 is 0 Å². The zero-order valence-corrected chi connectivity index (χ0v) is 24.5. The summed E-state index contributed by atoms with van der Waals surface area (Å²) >= 11 is 3.58. The molecule has 39 heavy (non-hydrogen) atoms. The predicted octanol–water partition coefficient (Wildman–Crippen LogP) is 7.90. The van der Waals surface area contributed by atoms with Gasteiger partial charge in [-0.3, -0.25) is 0 Å². The quantitative estimate of drug-likeness (QED) is 0.233. The minimum absolute atomic E-state index is 0.0576. The number of halogens is 2. The van der Waals surface area contributed by atoms with Crippen molar-refractivity contribution in [2.24, 2.45) is 0 Å². The van der Waals surface area contributed by atoms with Gasteiger partial charge in [-0.1, -0.05) is 36.4 Å². The molecule has 0 N–H and O–H groups in total. The first-order valence-corrected chi connectivity index (χ1v) is 14.3. The van der Waals surface area contributed by atoms with Crippen molar-refractivity contribution in [2.45, 2.75) is 64.8 Å². The highest BCUT2D eigenvalue weighted by Gasteiger charge is 2.26. The van der Waals surface area contributed by atoms with E-state index in [0.717, 1.165) is 30.2 Å². The molecule has 1 amide bonds. The predicted molar refractivity (Wildman–Crippen MR) is 154 cm³/mol. The summed E-state index contributed by atoms with van der Waals surface area (Å²) in [7, 11) is 0. The summed E-state index contributed by atoms with van der Waals surface area (Å²) in [5, 5.41) is 1.49. The lowest BCUT2D eigenvalue weighted by Crippen LogP contribution is -2.41. The van der Waals surface area contributed by atoms with E-state index in [2.05, 4.69) is 15.9 Å². The second kappa shape index (κ2) is 13.5. The van der Waals surface area contributed by atoms with E-state index in [1.165, 1.54) is 6.07 Å². The Kier molecular flexibility index (Phi) is 10.1. The van der Waals surface area contributed by atoms with E-state index in [9.17, 15) is 9.18 Å². The summed E-state index contributed by atoms with van der Waals surface area (Å²) in [4.78, 5) is 14.3. The highest BCUT2D eigenvalue weighted by molar-refractivity contribution is 9.10. The van der Waals surface area contributed by atoms with Crippen LogP contribution in [0, 0.1) is 5.82 Å². The Morgan fingerprint density at radius 1 is 1.05 bits per heavy atom. The number of benzene rings is 3. The monoisotopic (exact) mass is 601 g/mol. The van der Waals surface area contributed by atoms with Crippen LogP contribution in [-0.4, -0.2) is 49.0 Å². The van der Waals surface area contributed by atoms with Crippen LogP contribution in [0.3, 0.4) is 0 Å². The van der Waals surface area contributed by atoms with Crippen molar-refractivity contribution < 1.29 is 28.1 Å². The number of hydrogen-bond acceptors (Lipinski definition) is 5. The molecule has 0 saturated carbocycles. The van der Waals surface area contributed by atoms with E-state index in [-0.39, 0.29) is 17.9 Å². The first-order valence-electron chi connectivity index (χ1n) is 13.5. The normalized spacial score (nSPS) is 16.1. The number of carbonyl (C=O) groups is 1. The van der Waals surface area contributed by atoms with Crippen LogP contribution in [0.2, 0.25) is 0 Å². The van der Waals surface area contributed by atoms with E-state index in [1.54, 1.807) is 11.0 Å². The lowest BCUT2D eigenvalue weighted by atomic mass is 10.1. The van der Waals surface area contributed by atoms with Crippen molar-refractivity contribution in [1.82, 2.24) is 4.90 Å². The van der Waals surface area contributed by atoms with Gasteiger partial charge >= 0.3 is 6.09 Å². The summed E-state index contributed by atoms with van der Waals surface area (Å²) in [5.74, 6) is 0.478. The Labute approximate surface area is 238 Å². The van der Waals surface area contributed by atoms with Crippen LogP contribution in [-0.2, 0) is 16.1 Å². The number of ether oxygens (including phenoxy) is 4. The van der Waals surface area contributed by atoms with Gasteiger partial charge in [0, 0.05) is 22.8 Å². The van der Waals surface area contributed by atoms with Crippen molar-refractivity contribution >= 4 is 32.8 Å². The van der Waals surface area contributed by atoms with Gasteiger partial charge in [0.1, 0.15) is 18.0 Å². The van der Waals surface area contributed by atoms with Gasteiger partial charge in [-0.05, 0) is 85.1 Å². The van der Waals surface area contributed by atoms with Crippen molar-refractivity contribution in [1.29, 1.82) is 0 Å². The highest BCUT2D eigenvalue weighted by Crippen LogP contribution is 2.38. The third-order valence-corrected chi connectivity index (χ3v) is 6.99. The average Bonchev–Trinajstić information content (AvgIpc) is 3.14. The second-order valence-electron chi connectivity index (χ2n) is 10.8. The summed E-state index contributed by atoms with van der Waals surface area (Å²) in [6, 6.07) is 16.8. The van der Waals surface area contributed by atoms with Gasteiger partial charge in [0.25, 0.3) is 0 Å². The Morgan fingerprint density at radius 2 is 1.85 bits per heavy atom. The molecule has 3 aromatic rings. The van der Waals surface area contributed by atoms with E-state index < -0.39 is 11.4 Å². The van der Waals surface area contributed by atoms with Crippen LogP contribution in [0.25, 0.3) is 10.8 Å². The van der Waals surface area contributed by atoms with Crippen LogP contribution >= 0.6 is 15.9 Å². The molecule has 0 aliphatic carbocycles. The Balaban J connectivity index is 1.31. The fourth-order valence-electron chi connectivity index (χ4n) is 4.51. The van der Waals surface area contributed by atoms with E-state index in [1.807, 2.05) is 63.2 Å². The summed E-state index contributed by atoms with van der Waals surface area (Å²) in [5.41, 5.74) is 0.542. The Hall–Kier alpha value is -2.84. The molecule has 1 heterocycles. The molecule has 0 radical (unpaired) electrons. The fourth-order valence-corrected chi connectivity index (χ4v) is 5.15. The van der Waals surface area contributed by atoms with Gasteiger partial charge in [-0.25, -0.2) is 9.18 Å². The van der Waals surface area contributed by atoms with Gasteiger partial charge in [0.2, 0.25) is 0 Å². The van der Waals surface area contributed by atoms with Gasteiger partial charge in [0.15, 0.2) is 11.6 Å². The van der Waals surface area contributed by atoms with Crippen LogP contribution in [0.1, 0.15) is 52.0 Å². The molecule has 1 aliphatic heterocycles. The molecular weight excluding hydrogens is 565 g/mol. The molecule has 6 nitrogen and oxygen atoms in total. The maximum absolute atomic E-state index is 14.8. The van der Waals surface area contributed by atoms with E-state index in [4.69, 9.17) is 18.9 Å². The third kappa shape index (κ3) is 8.57. The molecule has 0 unspecified atom stereocenters. The lowest BCUT2D eigenvalue weighted by molar-refractivity contribution is -0.000905. The maximum Gasteiger partial charge on any atom is 0.410 e. The minimum Gasteiger partial charge on any atom is -0.490 e. The summed E-state index contributed by atoms with van der Waals surface area (Å²) in [6.07, 6.45) is 3.04. The van der Waals surface area contributed by atoms with E-state index in [0.29, 0.717) is 54.9 Å². The molecule has 0 bridgehead atoms. The van der Waals surface area contributed by atoms with Crippen LogP contribution in [0.5, 0.6) is 11.5 Å². The molecule has 3 aromatic carbocycles. The molecule has 0 aromatic heterocycles. The Bertz CT molecular complexity index is 1250. The van der Waals surface area contributed by atoms with Crippen molar-refractivity contribution in [3.63, 3.8) is 0 Å². The molecule has 1 aliphatic rings. The zero-order chi connectivity index (χ0) is 27.8. The number of carbonyl (C=O) groups excluding carboxylic acids is 1. The van der Waals surface area contributed by atoms with Gasteiger partial charge in [-0.15, -0.1) is 0 Å². The minimum atomic E-state index is -0.528. The summed E-state index contributed by atoms with van der Waals surface area (Å²) in [6.45, 7) is 7.99. The molecule has 0 spiro atoms. The smallest absolute Gasteiger partial charge is 0.410 e. The number of rotatable bonds is 9. The van der Waals surface area contributed by atoms with Gasteiger partial charge in [-0.2, -0.15) is 0 Å². The fraction of sp³-hybridized carbons (Fsp3) is 0.452.